The van der Waals surface area contributed by atoms with Crippen LogP contribution in [0.25, 0.3) is 0 Å². The third kappa shape index (κ3) is 2.91. The molecular weight excluding hydrogens is 288 g/mol. The highest BCUT2D eigenvalue weighted by molar-refractivity contribution is 5.83. The maximum Gasteiger partial charge on any atom is 0.326 e. The van der Waals surface area contributed by atoms with E-state index in [-0.39, 0.29) is 5.54 Å². The normalized spacial score (nSPS) is 28.2. The predicted molar refractivity (Wildman–Crippen MR) is 94.3 cm³/mol. The first-order valence-corrected chi connectivity index (χ1v) is 8.70. The van der Waals surface area contributed by atoms with Crippen LogP contribution in [0.3, 0.4) is 0 Å². The van der Waals surface area contributed by atoms with Crippen LogP contribution < -0.4 is 10.2 Å². The fourth-order valence-corrected chi connectivity index (χ4v) is 3.95. The Labute approximate surface area is 138 Å². The summed E-state index contributed by atoms with van der Waals surface area (Å²) in [6, 6.07) is 3.81. The number of benzene rings is 1. The zero-order valence-corrected chi connectivity index (χ0v) is 14.6. The number of carbonyl (C=O) groups is 1. The fraction of sp³-hybridized carbons (Fsp3) is 0.632. The summed E-state index contributed by atoms with van der Waals surface area (Å²) in [5, 5.41) is 13.3. The van der Waals surface area contributed by atoms with Gasteiger partial charge in [0.2, 0.25) is 0 Å². The van der Waals surface area contributed by atoms with Crippen LogP contribution in [-0.2, 0) is 4.79 Å². The van der Waals surface area contributed by atoms with E-state index in [0.717, 1.165) is 36.7 Å². The molecule has 2 aliphatic rings. The number of nitrogens with zero attached hydrogens (tertiary/aromatic N) is 1. The third-order valence-electron chi connectivity index (χ3n) is 5.85. The van der Waals surface area contributed by atoms with Gasteiger partial charge in [0.05, 0.1) is 16.9 Å². The lowest BCUT2D eigenvalue weighted by Gasteiger charge is -2.50. The van der Waals surface area contributed by atoms with Gasteiger partial charge in [-0.05, 0) is 75.6 Å². The molecule has 4 heteroatoms. The number of aryl methyl sites for hydroxylation is 2. The Morgan fingerprint density at radius 3 is 2.52 bits per heavy atom. The van der Waals surface area contributed by atoms with Crippen molar-refractivity contribution in [3.8, 4) is 0 Å². The van der Waals surface area contributed by atoms with Crippen molar-refractivity contribution in [3.63, 3.8) is 0 Å². The molecule has 1 atom stereocenters. The van der Waals surface area contributed by atoms with E-state index in [0.29, 0.717) is 0 Å². The summed E-state index contributed by atoms with van der Waals surface area (Å²) in [5.74, 6) is 0.0179. The molecular formula is C19H28N2O2. The Balaban J connectivity index is 2.02. The lowest BCUT2D eigenvalue weighted by molar-refractivity contribution is -0.138. The van der Waals surface area contributed by atoms with Crippen LogP contribution in [0.1, 0.15) is 50.7 Å². The van der Waals surface area contributed by atoms with E-state index < -0.39 is 12.0 Å². The van der Waals surface area contributed by atoms with Crippen molar-refractivity contribution in [3.05, 3.63) is 23.3 Å². The molecule has 126 valence electrons. The summed E-state index contributed by atoms with van der Waals surface area (Å²) in [7, 11) is 0. The van der Waals surface area contributed by atoms with Gasteiger partial charge in [-0.25, -0.2) is 4.79 Å². The first-order valence-electron chi connectivity index (χ1n) is 8.70. The topological polar surface area (TPSA) is 52.6 Å². The summed E-state index contributed by atoms with van der Waals surface area (Å²) in [6.07, 6.45) is 4.65. The Morgan fingerprint density at radius 1 is 1.30 bits per heavy atom. The number of aliphatic carboxylic acids is 1. The molecule has 4 nitrogen and oxygen atoms in total. The van der Waals surface area contributed by atoms with Gasteiger partial charge in [0.25, 0.3) is 0 Å². The van der Waals surface area contributed by atoms with E-state index in [4.69, 9.17) is 0 Å². The van der Waals surface area contributed by atoms with Gasteiger partial charge in [-0.3, -0.25) is 0 Å². The summed E-state index contributed by atoms with van der Waals surface area (Å²) in [5.41, 5.74) is 4.61. The zero-order chi connectivity index (χ0) is 16.8. The first-order chi connectivity index (χ1) is 10.8. The third-order valence-corrected chi connectivity index (χ3v) is 5.85. The van der Waals surface area contributed by atoms with E-state index in [1.54, 1.807) is 6.92 Å². The maximum absolute atomic E-state index is 11.6. The van der Waals surface area contributed by atoms with E-state index in [1.165, 1.54) is 24.0 Å². The number of fused-ring (bicyclic) bond motifs is 1. The number of hydrogen-bond donors (Lipinski definition) is 2. The van der Waals surface area contributed by atoms with E-state index in [1.807, 2.05) is 0 Å². The number of nitrogens with one attached hydrogen (secondary N) is 1. The Morgan fingerprint density at radius 2 is 1.91 bits per heavy atom. The highest BCUT2D eigenvalue weighted by Gasteiger charge is 2.42. The number of carboxylic acid groups (broad SMARTS) is 1. The highest BCUT2D eigenvalue weighted by Crippen LogP contribution is 2.44. The van der Waals surface area contributed by atoms with E-state index >= 15 is 0 Å². The average molecular weight is 316 g/mol. The molecule has 1 aliphatic heterocycles. The van der Waals surface area contributed by atoms with Crippen molar-refractivity contribution >= 4 is 17.3 Å². The van der Waals surface area contributed by atoms with Crippen LogP contribution in [0, 0.1) is 19.8 Å². The van der Waals surface area contributed by atoms with Crippen LogP contribution in [-0.4, -0.2) is 29.2 Å². The molecule has 1 aliphatic carbocycles. The summed E-state index contributed by atoms with van der Waals surface area (Å²) < 4.78 is 0. The minimum absolute atomic E-state index is 0.0188. The number of hydrogen-bond acceptors (Lipinski definition) is 3. The van der Waals surface area contributed by atoms with Gasteiger partial charge in [0, 0.05) is 6.54 Å². The Bertz CT molecular complexity index is 618. The van der Waals surface area contributed by atoms with Crippen LogP contribution in [0.5, 0.6) is 0 Å². The molecule has 3 rings (SSSR count). The summed E-state index contributed by atoms with van der Waals surface area (Å²) in [6.45, 7) is 9.10. The standard InChI is InChI=1S/C19H28N2O2/c1-12-5-7-19(8-6-12)11-21(15(4)18(22)23)17-10-14(3)13(2)9-16(17)20-19/h9-10,12,15,20H,5-8,11H2,1-4H3,(H,22,23). The van der Waals surface area contributed by atoms with Gasteiger partial charge in [-0.2, -0.15) is 0 Å². The van der Waals surface area contributed by atoms with E-state index in [2.05, 4.69) is 43.1 Å². The van der Waals surface area contributed by atoms with E-state index in [9.17, 15) is 9.90 Å². The average Bonchev–Trinajstić information content (AvgIpc) is 2.51. The Hall–Kier alpha value is -1.71. The molecule has 1 heterocycles. The molecule has 2 N–H and O–H groups in total. The molecule has 0 radical (unpaired) electrons. The van der Waals surface area contributed by atoms with Gasteiger partial charge in [-0.15, -0.1) is 0 Å². The molecule has 0 bridgehead atoms. The molecule has 1 spiro atoms. The molecule has 1 fully saturated rings. The maximum atomic E-state index is 11.6. The van der Waals surface area contributed by atoms with Gasteiger partial charge < -0.3 is 15.3 Å². The van der Waals surface area contributed by atoms with Crippen molar-refractivity contribution < 1.29 is 9.90 Å². The molecule has 0 saturated heterocycles. The zero-order valence-electron chi connectivity index (χ0n) is 14.6. The molecule has 1 aromatic rings. The van der Waals surface area contributed by atoms with Gasteiger partial charge in [-0.1, -0.05) is 6.92 Å². The van der Waals surface area contributed by atoms with Gasteiger partial charge >= 0.3 is 5.97 Å². The lowest BCUT2D eigenvalue weighted by atomic mass is 9.75. The van der Waals surface area contributed by atoms with Crippen molar-refractivity contribution in [1.29, 1.82) is 0 Å². The molecule has 1 unspecified atom stereocenters. The van der Waals surface area contributed by atoms with Crippen molar-refractivity contribution in [2.24, 2.45) is 5.92 Å². The molecule has 23 heavy (non-hydrogen) atoms. The SMILES string of the molecule is Cc1cc2c(cc1C)N(C(C)C(=O)O)CC1(CCC(C)CC1)N2. The number of rotatable bonds is 2. The Kier molecular flexibility index (Phi) is 4.03. The fourth-order valence-electron chi connectivity index (χ4n) is 3.95. The van der Waals surface area contributed by atoms with Crippen LogP contribution in [0.15, 0.2) is 12.1 Å². The van der Waals surface area contributed by atoms with Crippen LogP contribution >= 0.6 is 0 Å². The van der Waals surface area contributed by atoms with Crippen LogP contribution in [0.2, 0.25) is 0 Å². The summed E-state index contributed by atoms with van der Waals surface area (Å²) in [4.78, 5) is 13.7. The predicted octanol–water partition coefficient (Wildman–Crippen LogP) is 3.96. The monoisotopic (exact) mass is 316 g/mol. The molecule has 1 saturated carbocycles. The second kappa shape index (κ2) is 5.73. The van der Waals surface area contributed by atoms with Gasteiger partial charge in [0.15, 0.2) is 0 Å². The lowest BCUT2D eigenvalue weighted by Crippen LogP contribution is -2.57. The molecule has 0 aromatic heterocycles. The largest absolute Gasteiger partial charge is 0.480 e. The second-order valence-corrected chi connectivity index (χ2v) is 7.68. The number of carboxylic acids is 1. The minimum atomic E-state index is -0.754. The quantitative estimate of drug-likeness (QED) is 0.867. The highest BCUT2D eigenvalue weighted by atomic mass is 16.4. The second-order valence-electron chi connectivity index (χ2n) is 7.68. The van der Waals surface area contributed by atoms with Crippen LogP contribution in [0.4, 0.5) is 11.4 Å². The molecule has 0 amide bonds. The summed E-state index contributed by atoms with van der Waals surface area (Å²) >= 11 is 0. The molecule has 1 aromatic carbocycles. The van der Waals surface area contributed by atoms with Gasteiger partial charge in [0.1, 0.15) is 6.04 Å². The van der Waals surface area contributed by atoms with Crippen molar-refractivity contribution in [2.45, 2.75) is 65.0 Å². The van der Waals surface area contributed by atoms with Crippen molar-refractivity contribution in [2.75, 3.05) is 16.8 Å². The smallest absolute Gasteiger partial charge is 0.326 e. The van der Waals surface area contributed by atoms with Crippen molar-refractivity contribution in [1.82, 2.24) is 0 Å². The first kappa shape index (κ1) is 16.2. The minimum Gasteiger partial charge on any atom is -0.480 e. The number of anilines is 2.